The molecule has 2 fully saturated rings. The number of nitrogens with zero attached hydrogens (tertiary/aromatic N) is 1. The van der Waals surface area contributed by atoms with Crippen molar-refractivity contribution in [3.8, 4) is 0 Å². The van der Waals surface area contributed by atoms with Gasteiger partial charge in [-0.15, -0.1) is 0 Å². The SMILES string of the molecule is CC[C@H]1OC(=O)[C@H](C)[C@@H](C2C[C@@](C)(OC)[C@@H](O)[C@H](C)O2)[C@H](C)[C@@H](C)[C@](C)(O)C[C@@H](C)/C(=N\O)[C@H](C)[C@@H](O)[C@]1(C)O. The lowest BCUT2D eigenvalue weighted by molar-refractivity contribution is -0.236. The highest BCUT2D eigenvalue weighted by Gasteiger charge is 2.53. The minimum atomic E-state index is -1.85. The Hall–Kier alpha value is -1.30. The van der Waals surface area contributed by atoms with Crippen LogP contribution < -0.4 is 0 Å². The molecule has 2 aliphatic rings. The monoisotopic (exact) mass is 573 g/mol. The summed E-state index contributed by atoms with van der Waals surface area (Å²) < 4.78 is 18.0. The second-order valence-electron chi connectivity index (χ2n) is 13.3. The molecule has 0 aromatic heterocycles. The van der Waals surface area contributed by atoms with Crippen LogP contribution in [0.1, 0.15) is 88.5 Å². The van der Waals surface area contributed by atoms with Crippen LogP contribution in [-0.2, 0) is 19.0 Å². The number of oxime groups is 1. The van der Waals surface area contributed by atoms with E-state index in [2.05, 4.69) is 5.16 Å². The van der Waals surface area contributed by atoms with Gasteiger partial charge in [-0.1, -0.05) is 46.7 Å². The van der Waals surface area contributed by atoms with Gasteiger partial charge < -0.3 is 39.8 Å². The molecule has 10 nitrogen and oxygen atoms in total. The number of cyclic esters (lactones) is 1. The quantitative estimate of drug-likeness (QED) is 0.194. The fraction of sp³-hybridized carbons (Fsp3) is 0.933. The molecule has 0 aromatic carbocycles. The predicted octanol–water partition coefficient (Wildman–Crippen LogP) is 3.15. The fourth-order valence-corrected chi connectivity index (χ4v) is 7.29. The first-order chi connectivity index (χ1) is 18.3. The van der Waals surface area contributed by atoms with Crippen LogP contribution in [-0.4, -0.2) is 91.7 Å². The van der Waals surface area contributed by atoms with E-state index in [-0.39, 0.29) is 30.4 Å². The summed E-state index contributed by atoms with van der Waals surface area (Å²) in [4.78, 5) is 13.8. The first-order valence-corrected chi connectivity index (χ1v) is 14.7. The molecule has 0 aromatic rings. The average molecular weight is 574 g/mol. The van der Waals surface area contributed by atoms with Crippen LogP contribution in [0.2, 0.25) is 0 Å². The number of carbonyl (C=O) groups excluding carboxylic acids is 1. The van der Waals surface area contributed by atoms with Crippen molar-refractivity contribution in [1.29, 1.82) is 0 Å². The number of carbonyl (C=O) groups is 1. The van der Waals surface area contributed by atoms with Crippen molar-refractivity contribution in [2.45, 2.75) is 136 Å². The maximum Gasteiger partial charge on any atom is 0.309 e. The topological polar surface area (TPSA) is 158 Å². The van der Waals surface area contributed by atoms with Crippen molar-refractivity contribution in [2.75, 3.05) is 7.11 Å². The highest BCUT2D eigenvalue weighted by Crippen LogP contribution is 2.45. The first-order valence-electron chi connectivity index (χ1n) is 14.7. The van der Waals surface area contributed by atoms with Crippen LogP contribution in [0.4, 0.5) is 0 Å². The summed E-state index contributed by atoms with van der Waals surface area (Å²) in [5.41, 5.74) is -3.78. The normalized spacial score (nSPS) is 51.2. The molecule has 0 amide bonds. The zero-order chi connectivity index (χ0) is 31.0. The Labute approximate surface area is 240 Å². The molecule has 0 radical (unpaired) electrons. The molecule has 1 unspecified atom stereocenters. The van der Waals surface area contributed by atoms with Crippen molar-refractivity contribution in [2.24, 2.45) is 40.7 Å². The Bertz CT molecular complexity index is 892. The van der Waals surface area contributed by atoms with Gasteiger partial charge in [0.05, 0.1) is 41.1 Å². The fourth-order valence-electron chi connectivity index (χ4n) is 7.29. The van der Waals surface area contributed by atoms with Gasteiger partial charge in [0.15, 0.2) is 0 Å². The molecule has 14 atom stereocenters. The molecule has 2 saturated heterocycles. The van der Waals surface area contributed by atoms with Crippen LogP contribution in [0.25, 0.3) is 0 Å². The number of ether oxygens (including phenoxy) is 3. The van der Waals surface area contributed by atoms with Gasteiger partial charge in [-0.25, -0.2) is 0 Å². The third kappa shape index (κ3) is 6.68. The number of methoxy groups -OCH3 is 1. The van der Waals surface area contributed by atoms with Crippen molar-refractivity contribution in [3.05, 3.63) is 0 Å². The zero-order valence-electron chi connectivity index (χ0n) is 26.3. The number of aliphatic hydroxyl groups excluding tert-OH is 2. The summed E-state index contributed by atoms with van der Waals surface area (Å²) in [7, 11) is 1.54. The molecule has 0 bridgehead atoms. The van der Waals surface area contributed by atoms with Gasteiger partial charge in [-0.05, 0) is 52.4 Å². The van der Waals surface area contributed by atoms with E-state index in [9.17, 15) is 30.4 Å². The smallest absolute Gasteiger partial charge is 0.309 e. The van der Waals surface area contributed by atoms with Gasteiger partial charge in [0.25, 0.3) is 0 Å². The summed E-state index contributed by atoms with van der Waals surface area (Å²) in [6.07, 6.45) is -3.61. The van der Waals surface area contributed by atoms with Crippen LogP contribution in [0.3, 0.4) is 0 Å². The van der Waals surface area contributed by atoms with Crippen molar-refractivity contribution in [1.82, 2.24) is 0 Å². The Balaban J connectivity index is 2.67. The van der Waals surface area contributed by atoms with E-state index in [1.165, 1.54) is 6.92 Å². The molecule has 234 valence electrons. The van der Waals surface area contributed by atoms with Crippen molar-refractivity contribution >= 4 is 11.7 Å². The number of hydrogen-bond acceptors (Lipinski definition) is 10. The highest BCUT2D eigenvalue weighted by atomic mass is 16.6. The zero-order valence-corrected chi connectivity index (χ0v) is 26.3. The molecule has 0 aliphatic carbocycles. The second kappa shape index (κ2) is 12.9. The van der Waals surface area contributed by atoms with E-state index in [4.69, 9.17) is 14.2 Å². The van der Waals surface area contributed by atoms with E-state index in [0.717, 1.165) is 0 Å². The van der Waals surface area contributed by atoms with Crippen LogP contribution in [0.15, 0.2) is 5.16 Å². The van der Waals surface area contributed by atoms with Crippen LogP contribution >= 0.6 is 0 Å². The van der Waals surface area contributed by atoms with Gasteiger partial charge in [0.2, 0.25) is 0 Å². The molecule has 5 N–H and O–H groups in total. The standard InChI is InChI=1S/C30H55NO9/c1-12-22-30(10,36)25(32)18(5)24(31-37)15(2)13-28(8,35)19(6)16(3)23(17(4)27(34)40-22)21-14-29(9,38-11)26(33)20(7)39-21/h15-23,25-26,32-33,35-37H,12-14H2,1-11H3/b31-24+/t15-,16-,17-,18+,19-,20+,21?,22-,23+,25-,26+,28-,29-,30-/m1/s1. The Morgan fingerprint density at radius 3 is 2.05 bits per heavy atom. The Kier molecular flexibility index (Phi) is 11.3. The predicted molar refractivity (Wildman–Crippen MR) is 151 cm³/mol. The number of rotatable bonds is 3. The molecular weight excluding hydrogens is 518 g/mol. The average Bonchev–Trinajstić information content (AvgIpc) is 2.88. The van der Waals surface area contributed by atoms with Gasteiger partial charge in [0.1, 0.15) is 17.8 Å². The summed E-state index contributed by atoms with van der Waals surface area (Å²) in [5, 5.41) is 58.7. The third-order valence-electron chi connectivity index (χ3n) is 10.4. The van der Waals surface area contributed by atoms with Crippen LogP contribution in [0.5, 0.6) is 0 Å². The lowest BCUT2D eigenvalue weighted by Crippen LogP contribution is -2.60. The van der Waals surface area contributed by atoms with E-state index in [0.29, 0.717) is 6.42 Å². The molecule has 40 heavy (non-hydrogen) atoms. The van der Waals surface area contributed by atoms with Crippen molar-refractivity contribution in [3.63, 3.8) is 0 Å². The second-order valence-corrected chi connectivity index (χ2v) is 13.3. The number of aliphatic hydroxyl groups is 4. The largest absolute Gasteiger partial charge is 0.459 e. The van der Waals surface area contributed by atoms with Gasteiger partial charge in [-0.2, -0.15) is 0 Å². The molecule has 2 heterocycles. The summed E-state index contributed by atoms with van der Waals surface area (Å²) in [6, 6.07) is 0. The van der Waals surface area contributed by atoms with E-state index in [1.807, 2.05) is 27.7 Å². The third-order valence-corrected chi connectivity index (χ3v) is 10.4. The Morgan fingerprint density at radius 2 is 1.55 bits per heavy atom. The molecule has 0 saturated carbocycles. The molecule has 0 spiro atoms. The van der Waals surface area contributed by atoms with E-state index >= 15 is 0 Å². The Morgan fingerprint density at radius 1 is 0.975 bits per heavy atom. The highest BCUT2D eigenvalue weighted by molar-refractivity contribution is 5.88. The maximum atomic E-state index is 13.8. The molecular formula is C30H55NO9. The summed E-state index contributed by atoms with van der Waals surface area (Å²) in [6.45, 7) is 17.6. The van der Waals surface area contributed by atoms with Gasteiger partial charge in [0, 0.05) is 31.3 Å². The summed E-state index contributed by atoms with van der Waals surface area (Å²) in [5.74, 6) is -3.55. The number of esters is 1. The van der Waals surface area contributed by atoms with E-state index in [1.54, 1.807) is 41.7 Å². The lowest BCUT2D eigenvalue weighted by Gasteiger charge is -2.50. The maximum absolute atomic E-state index is 13.8. The van der Waals surface area contributed by atoms with E-state index < -0.39 is 77.0 Å². The van der Waals surface area contributed by atoms with Crippen LogP contribution in [0, 0.1) is 35.5 Å². The molecule has 10 heteroatoms. The summed E-state index contributed by atoms with van der Waals surface area (Å²) >= 11 is 0. The first kappa shape index (κ1) is 34.9. The molecule has 2 rings (SSSR count). The minimum Gasteiger partial charge on any atom is -0.459 e. The van der Waals surface area contributed by atoms with Gasteiger partial charge >= 0.3 is 5.97 Å². The minimum absolute atomic E-state index is 0.219. The van der Waals surface area contributed by atoms with Gasteiger partial charge in [-0.3, -0.25) is 4.79 Å². The lowest BCUT2D eigenvalue weighted by atomic mass is 9.65. The molecule has 2 aliphatic heterocycles. The number of hydrogen-bond donors (Lipinski definition) is 5. The van der Waals surface area contributed by atoms with Crippen molar-refractivity contribution < 1.29 is 44.6 Å².